The van der Waals surface area contributed by atoms with Crippen LogP contribution >= 0.6 is 0 Å². The number of rotatable bonds is 5. The number of benzene rings is 1. The quantitative estimate of drug-likeness (QED) is 0.850. The molecule has 2 unspecified atom stereocenters. The third kappa shape index (κ3) is 2.99. The molecule has 1 saturated heterocycles. The lowest BCUT2D eigenvalue weighted by Gasteiger charge is -2.21. The Hall–Kier alpha value is -1.06. The Kier molecular flexibility index (Phi) is 4.40. The number of methoxy groups -OCH3 is 1. The molecule has 1 heterocycles. The highest BCUT2D eigenvalue weighted by Crippen LogP contribution is 2.31. The van der Waals surface area contributed by atoms with Crippen molar-refractivity contribution >= 4 is 0 Å². The van der Waals surface area contributed by atoms with Crippen LogP contribution in [0.2, 0.25) is 0 Å². The van der Waals surface area contributed by atoms with Gasteiger partial charge in [-0.1, -0.05) is 18.2 Å². The molecule has 3 heteroatoms. The van der Waals surface area contributed by atoms with Crippen molar-refractivity contribution in [3.8, 4) is 5.75 Å². The van der Waals surface area contributed by atoms with Crippen molar-refractivity contribution in [1.29, 1.82) is 0 Å². The zero-order valence-electron chi connectivity index (χ0n) is 10.6. The summed E-state index contributed by atoms with van der Waals surface area (Å²) >= 11 is 0. The molecule has 1 aliphatic rings. The summed E-state index contributed by atoms with van der Waals surface area (Å²) in [6, 6.07) is 8.57. The van der Waals surface area contributed by atoms with E-state index in [4.69, 9.17) is 9.47 Å². The van der Waals surface area contributed by atoms with Crippen LogP contribution in [0.3, 0.4) is 0 Å². The van der Waals surface area contributed by atoms with E-state index in [1.54, 1.807) is 7.11 Å². The Labute approximate surface area is 103 Å². The van der Waals surface area contributed by atoms with Crippen molar-refractivity contribution in [2.24, 2.45) is 5.92 Å². The minimum absolute atomic E-state index is 0.345. The zero-order valence-corrected chi connectivity index (χ0v) is 10.6. The van der Waals surface area contributed by atoms with Gasteiger partial charge in [0.05, 0.1) is 7.11 Å². The first-order valence-corrected chi connectivity index (χ1v) is 6.23. The molecule has 1 fully saturated rings. The van der Waals surface area contributed by atoms with Gasteiger partial charge in [0.2, 0.25) is 0 Å². The van der Waals surface area contributed by atoms with Gasteiger partial charge in [-0.2, -0.15) is 0 Å². The fourth-order valence-electron chi connectivity index (χ4n) is 2.46. The van der Waals surface area contributed by atoms with E-state index in [9.17, 15) is 0 Å². The molecular formula is C14H21NO2. The van der Waals surface area contributed by atoms with Crippen LogP contribution in [0, 0.1) is 5.92 Å². The van der Waals surface area contributed by atoms with E-state index < -0.39 is 0 Å². The molecule has 0 bridgehead atoms. The van der Waals surface area contributed by atoms with Gasteiger partial charge in [-0.25, -0.2) is 0 Å². The average molecular weight is 235 g/mol. The van der Waals surface area contributed by atoms with E-state index in [0.29, 0.717) is 12.0 Å². The summed E-state index contributed by atoms with van der Waals surface area (Å²) in [4.78, 5) is 0. The SMILES string of the molecule is CNC(CC1CCOC1)c1ccccc1OC. The van der Waals surface area contributed by atoms with Gasteiger partial charge in [0.1, 0.15) is 5.75 Å². The van der Waals surface area contributed by atoms with Crippen molar-refractivity contribution < 1.29 is 9.47 Å². The largest absolute Gasteiger partial charge is 0.496 e. The highest BCUT2D eigenvalue weighted by Gasteiger charge is 2.22. The molecule has 0 aliphatic carbocycles. The van der Waals surface area contributed by atoms with Crippen LogP contribution in [0.5, 0.6) is 5.75 Å². The molecule has 0 saturated carbocycles. The molecule has 0 amide bonds. The van der Waals surface area contributed by atoms with Gasteiger partial charge in [-0.15, -0.1) is 0 Å². The highest BCUT2D eigenvalue weighted by molar-refractivity contribution is 5.35. The Morgan fingerprint density at radius 2 is 2.29 bits per heavy atom. The Morgan fingerprint density at radius 3 is 2.94 bits per heavy atom. The van der Waals surface area contributed by atoms with Crippen LogP contribution in [0.15, 0.2) is 24.3 Å². The predicted octanol–water partition coefficient (Wildman–Crippen LogP) is 2.38. The van der Waals surface area contributed by atoms with Crippen LogP contribution in [0.4, 0.5) is 0 Å². The van der Waals surface area contributed by atoms with Crippen molar-refractivity contribution in [2.45, 2.75) is 18.9 Å². The third-order valence-corrected chi connectivity index (χ3v) is 3.46. The predicted molar refractivity (Wildman–Crippen MR) is 68.3 cm³/mol. The van der Waals surface area contributed by atoms with Crippen LogP contribution in [0.25, 0.3) is 0 Å². The fourth-order valence-corrected chi connectivity index (χ4v) is 2.46. The topological polar surface area (TPSA) is 30.5 Å². The standard InChI is InChI=1S/C14H21NO2/c1-15-13(9-11-7-8-17-10-11)12-5-3-4-6-14(12)16-2/h3-6,11,13,15H,7-10H2,1-2H3. The van der Waals surface area contributed by atoms with Crippen LogP contribution < -0.4 is 10.1 Å². The first-order chi connectivity index (χ1) is 8.35. The summed E-state index contributed by atoms with van der Waals surface area (Å²) in [7, 11) is 3.73. The molecule has 2 rings (SSSR count). The first kappa shape index (κ1) is 12.4. The second-order valence-corrected chi connectivity index (χ2v) is 4.55. The lowest BCUT2D eigenvalue weighted by atomic mass is 9.94. The number of hydrogen-bond donors (Lipinski definition) is 1. The van der Waals surface area contributed by atoms with E-state index in [0.717, 1.165) is 25.4 Å². The number of hydrogen-bond acceptors (Lipinski definition) is 3. The monoisotopic (exact) mass is 235 g/mol. The van der Waals surface area contributed by atoms with E-state index in [2.05, 4.69) is 17.4 Å². The highest BCUT2D eigenvalue weighted by atomic mass is 16.5. The molecule has 3 nitrogen and oxygen atoms in total. The smallest absolute Gasteiger partial charge is 0.123 e. The molecule has 17 heavy (non-hydrogen) atoms. The number of para-hydroxylation sites is 1. The van der Waals surface area contributed by atoms with Crippen LogP contribution in [-0.2, 0) is 4.74 Å². The van der Waals surface area contributed by atoms with E-state index >= 15 is 0 Å². The Balaban J connectivity index is 2.10. The number of ether oxygens (including phenoxy) is 2. The Morgan fingerprint density at radius 1 is 1.47 bits per heavy atom. The van der Waals surface area contributed by atoms with Crippen molar-refractivity contribution in [3.63, 3.8) is 0 Å². The van der Waals surface area contributed by atoms with Gasteiger partial charge < -0.3 is 14.8 Å². The average Bonchev–Trinajstić information content (AvgIpc) is 2.89. The minimum Gasteiger partial charge on any atom is -0.496 e. The van der Waals surface area contributed by atoms with Gasteiger partial charge in [-0.05, 0) is 31.9 Å². The maximum atomic E-state index is 5.44. The van der Waals surface area contributed by atoms with E-state index in [1.165, 1.54) is 12.0 Å². The summed E-state index contributed by atoms with van der Waals surface area (Å²) in [6.45, 7) is 1.81. The molecule has 1 N–H and O–H groups in total. The molecule has 1 aromatic rings. The lowest BCUT2D eigenvalue weighted by Crippen LogP contribution is -2.20. The van der Waals surface area contributed by atoms with Gasteiger partial charge in [0.15, 0.2) is 0 Å². The fraction of sp³-hybridized carbons (Fsp3) is 0.571. The van der Waals surface area contributed by atoms with Crippen LogP contribution in [0.1, 0.15) is 24.4 Å². The van der Waals surface area contributed by atoms with E-state index in [-0.39, 0.29) is 0 Å². The first-order valence-electron chi connectivity index (χ1n) is 6.23. The zero-order chi connectivity index (χ0) is 12.1. The Bertz CT molecular complexity index is 348. The summed E-state index contributed by atoms with van der Waals surface area (Å²) in [5.74, 6) is 1.63. The molecule has 94 valence electrons. The molecule has 1 aromatic carbocycles. The molecule has 2 atom stereocenters. The minimum atomic E-state index is 0.345. The maximum absolute atomic E-state index is 5.44. The summed E-state index contributed by atoms with van der Waals surface area (Å²) in [5.41, 5.74) is 1.24. The molecule has 0 radical (unpaired) electrons. The third-order valence-electron chi connectivity index (χ3n) is 3.46. The normalized spacial score (nSPS) is 21.4. The lowest BCUT2D eigenvalue weighted by molar-refractivity contribution is 0.181. The second kappa shape index (κ2) is 6.03. The maximum Gasteiger partial charge on any atom is 0.123 e. The van der Waals surface area contributed by atoms with Crippen LogP contribution in [-0.4, -0.2) is 27.4 Å². The van der Waals surface area contributed by atoms with Gasteiger partial charge in [-0.3, -0.25) is 0 Å². The van der Waals surface area contributed by atoms with Gasteiger partial charge >= 0.3 is 0 Å². The van der Waals surface area contributed by atoms with Crippen molar-refractivity contribution in [1.82, 2.24) is 5.32 Å². The van der Waals surface area contributed by atoms with Gasteiger partial charge in [0, 0.05) is 24.8 Å². The van der Waals surface area contributed by atoms with Crippen molar-refractivity contribution in [3.05, 3.63) is 29.8 Å². The summed E-state index contributed by atoms with van der Waals surface area (Å²) in [5, 5.41) is 3.38. The molecule has 1 aliphatic heterocycles. The number of nitrogens with one attached hydrogen (secondary N) is 1. The molecule has 0 spiro atoms. The molecular weight excluding hydrogens is 214 g/mol. The van der Waals surface area contributed by atoms with Gasteiger partial charge in [0.25, 0.3) is 0 Å². The molecule has 0 aromatic heterocycles. The summed E-state index contributed by atoms with van der Waals surface area (Å²) in [6.07, 6.45) is 2.28. The summed E-state index contributed by atoms with van der Waals surface area (Å²) < 4.78 is 10.9. The van der Waals surface area contributed by atoms with Crippen molar-refractivity contribution in [2.75, 3.05) is 27.4 Å². The van der Waals surface area contributed by atoms with E-state index in [1.807, 2.05) is 19.2 Å². The second-order valence-electron chi connectivity index (χ2n) is 4.55.